The first-order valence-corrected chi connectivity index (χ1v) is 12.0. The van der Waals surface area contributed by atoms with Crippen LogP contribution in [0.5, 0.6) is 0 Å². The summed E-state index contributed by atoms with van der Waals surface area (Å²) in [4.78, 5) is 0. The molecule has 0 aliphatic heterocycles. The fourth-order valence-electron chi connectivity index (χ4n) is 3.17. The predicted octanol–water partition coefficient (Wildman–Crippen LogP) is 3.86. The van der Waals surface area contributed by atoms with Gasteiger partial charge in [-0.15, -0.1) is 0 Å². The number of hydrogen-bond donors (Lipinski definition) is 1. The van der Waals surface area contributed by atoms with Crippen molar-refractivity contribution in [1.29, 1.82) is 0 Å². The fourth-order valence-corrected chi connectivity index (χ4v) is 7.42. The summed E-state index contributed by atoms with van der Waals surface area (Å²) in [5.41, 5.74) is 2.89. The highest BCUT2D eigenvalue weighted by molar-refractivity contribution is 6.92. The molecule has 118 valence electrons. The van der Waals surface area contributed by atoms with Crippen molar-refractivity contribution in [3.05, 3.63) is 35.0 Å². The lowest BCUT2D eigenvalue weighted by molar-refractivity contribution is 0.917. The molecule has 0 amide bonds. The normalized spacial score (nSPS) is 14.8. The van der Waals surface area contributed by atoms with Crippen molar-refractivity contribution in [1.82, 2.24) is 0 Å². The van der Waals surface area contributed by atoms with Crippen molar-refractivity contribution in [2.24, 2.45) is 0 Å². The van der Waals surface area contributed by atoms with Gasteiger partial charge in [0.2, 0.25) is 0 Å². The van der Waals surface area contributed by atoms with Crippen LogP contribution in [0, 0.1) is 0 Å². The first-order valence-electron chi connectivity index (χ1n) is 8.41. The first-order chi connectivity index (χ1) is 9.91. The zero-order valence-corrected chi connectivity index (χ0v) is 18.0. The van der Waals surface area contributed by atoms with Crippen LogP contribution in [0.25, 0.3) is 0 Å². The van der Waals surface area contributed by atoms with E-state index in [1.165, 1.54) is 29.4 Å². The molecule has 0 radical (unpaired) electrons. The Bertz CT molecular complexity index is 477. The van der Waals surface area contributed by atoms with Crippen LogP contribution in [0.3, 0.4) is 0 Å². The minimum Gasteiger partial charge on any atom is -0.379 e. The summed E-state index contributed by atoms with van der Waals surface area (Å²) in [6, 6.07) is 13.5. The van der Waals surface area contributed by atoms with Gasteiger partial charge in [0.05, 0.1) is 8.07 Å². The van der Waals surface area contributed by atoms with Crippen LogP contribution in [-0.4, -0.2) is 24.4 Å². The van der Waals surface area contributed by atoms with Gasteiger partial charge in [-0.3, -0.25) is 0 Å². The maximum absolute atomic E-state index is 3.80. The number of hydrogen-bond acceptors (Lipinski definition) is 1. The quantitative estimate of drug-likeness (QED) is 0.753. The molecule has 1 aromatic carbocycles. The largest absolute Gasteiger partial charge is 0.379 e. The lowest BCUT2D eigenvalue weighted by Crippen LogP contribution is -2.47. The molecule has 0 fully saturated rings. The van der Waals surface area contributed by atoms with E-state index in [-0.39, 0.29) is 0 Å². The number of para-hydroxylation sites is 1. The van der Waals surface area contributed by atoms with E-state index in [1.807, 2.05) is 0 Å². The van der Waals surface area contributed by atoms with Gasteiger partial charge in [0.1, 0.15) is 0 Å². The zero-order chi connectivity index (χ0) is 16.0. The van der Waals surface area contributed by atoms with Gasteiger partial charge in [-0.1, -0.05) is 67.9 Å². The van der Waals surface area contributed by atoms with Crippen LogP contribution in [-0.2, 0) is 0 Å². The Hall–Kier alpha value is -0.806. The Labute approximate surface area is 135 Å². The number of allylic oxidation sites excluding steroid dienone is 1. The molecule has 1 aromatic rings. The van der Waals surface area contributed by atoms with Gasteiger partial charge in [0, 0.05) is 22.0 Å². The molecule has 0 bridgehead atoms. The third kappa shape index (κ3) is 4.10. The molecule has 3 heteroatoms. The highest BCUT2D eigenvalue weighted by atomic mass is 28.3. The van der Waals surface area contributed by atoms with Crippen LogP contribution in [0.15, 0.2) is 35.0 Å². The molecule has 0 aliphatic rings. The molecule has 0 aromatic heterocycles. The molecular weight excluding hydrogens is 286 g/mol. The van der Waals surface area contributed by atoms with Crippen LogP contribution >= 0.6 is 0 Å². The molecule has 1 N–H and O–H groups in total. The van der Waals surface area contributed by atoms with E-state index >= 15 is 0 Å². The maximum atomic E-state index is 3.80. The van der Waals surface area contributed by atoms with Crippen LogP contribution in [0.4, 0.5) is 5.69 Å². The summed E-state index contributed by atoms with van der Waals surface area (Å²) in [6.45, 7) is 14.0. The summed E-state index contributed by atoms with van der Waals surface area (Å²) >= 11 is 0. The molecular formula is C18H33NSi2. The van der Waals surface area contributed by atoms with Crippen molar-refractivity contribution in [2.45, 2.75) is 65.7 Å². The van der Waals surface area contributed by atoms with Crippen LogP contribution in [0.2, 0.25) is 18.1 Å². The molecule has 1 atom stereocenters. The fraction of sp³-hybridized carbons (Fsp3) is 0.556. The zero-order valence-electron chi connectivity index (χ0n) is 15.0. The molecule has 0 heterocycles. The maximum Gasteiger partial charge on any atom is 0.0886 e. The van der Waals surface area contributed by atoms with E-state index < -0.39 is 8.07 Å². The second-order valence-electron chi connectivity index (χ2n) is 6.44. The Kier molecular flexibility index (Phi) is 6.94. The van der Waals surface area contributed by atoms with Crippen LogP contribution in [0.1, 0.15) is 41.5 Å². The minimum absolute atomic E-state index is 0.431. The molecule has 0 saturated carbocycles. The van der Waals surface area contributed by atoms with Gasteiger partial charge in [-0.2, -0.15) is 0 Å². The topological polar surface area (TPSA) is 12.0 Å². The van der Waals surface area contributed by atoms with Crippen LogP contribution < -0.4 is 10.5 Å². The first kappa shape index (κ1) is 18.2. The van der Waals surface area contributed by atoms with Gasteiger partial charge in [0.25, 0.3) is 0 Å². The Morgan fingerprint density at radius 1 is 1.10 bits per heavy atom. The average Bonchev–Trinajstić information content (AvgIpc) is 2.50. The number of anilines is 1. The molecule has 0 spiro atoms. The second kappa shape index (κ2) is 7.99. The van der Waals surface area contributed by atoms with Gasteiger partial charge < -0.3 is 5.32 Å². The molecule has 1 nitrogen and oxygen atoms in total. The van der Waals surface area contributed by atoms with Gasteiger partial charge >= 0.3 is 0 Å². The minimum atomic E-state index is -1.34. The van der Waals surface area contributed by atoms with E-state index in [0.29, 0.717) is 6.04 Å². The molecule has 21 heavy (non-hydrogen) atoms. The van der Waals surface area contributed by atoms with Crippen molar-refractivity contribution >= 4 is 29.2 Å². The summed E-state index contributed by atoms with van der Waals surface area (Å²) in [5.74, 6) is 0. The lowest BCUT2D eigenvalue weighted by atomic mass is 10.1. The number of rotatable bonds is 7. The molecule has 1 unspecified atom stereocenters. The Balaban J connectivity index is 3.19. The van der Waals surface area contributed by atoms with E-state index in [0.717, 1.165) is 10.2 Å². The summed E-state index contributed by atoms with van der Waals surface area (Å²) < 4.78 is 0. The smallest absolute Gasteiger partial charge is 0.0886 e. The highest BCUT2D eigenvalue weighted by Gasteiger charge is 2.31. The van der Waals surface area contributed by atoms with Crippen molar-refractivity contribution in [3.8, 4) is 0 Å². The standard InChI is InChI=1S/C18H33NSi2/c1-7-21(8-2,9-3)18-13-11-10-12-17(18)19-15(5)14(4)16(6)20/h10-13,15,19H,7-9H2,1-6,20H3. The van der Waals surface area contributed by atoms with Gasteiger partial charge in [-0.05, 0) is 32.0 Å². The third-order valence-electron chi connectivity index (χ3n) is 5.34. The van der Waals surface area contributed by atoms with Crippen molar-refractivity contribution < 1.29 is 0 Å². The van der Waals surface area contributed by atoms with Crippen molar-refractivity contribution in [2.75, 3.05) is 5.32 Å². The number of nitrogens with one attached hydrogen (secondary N) is 1. The Morgan fingerprint density at radius 2 is 1.62 bits per heavy atom. The third-order valence-corrected chi connectivity index (χ3v) is 11.8. The average molecular weight is 320 g/mol. The molecule has 1 rings (SSSR count). The summed E-state index contributed by atoms with van der Waals surface area (Å²) in [6.07, 6.45) is 0. The lowest BCUT2D eigenvalue weighted by Gasteiger charge is -2.32. The molecule has 0 saturated heterocycles. The highest BCUT2D eigenvalue weighted by Crippen LogP contribution is 2.24. The van der Waals surface area contributed by atoms with E-state index in [4.69, 9.17) is 0 Å². The van der Waals surface area contributed by atoms with E-state index in [2.05, 4.69) is 71.1 Å². The van der Waals surface area contributed by atoms with Gasteiger partial charge in [0.15, 0.2) is 0 Å². The van der Waals surface area contributed by atoms with Gasteiger partial charge in [-0.25, -0.2) is 0 Å². The predicted molar refractivity (Wildman–Crippen MR) is 105 cm³/mol. The van der Waals surface area contributed by atoms with E-state index in [1.54, 1.807) is 10.4 Å². The SMILES string of the molecule is CC[Si](CC)(CC)c1ccccc1NC(C)C(C)=C(C)[SiH3]. The Morgan fingerprint density at radius 3 is 2.10 bits per heavy atom. The monoisotopic (exact) mass is 319 g/mol. The summed E-state index contributed by atoms with van der Waals surface area (Å²) in [5, 5.41) is 6.98. The number of benzene rings is 1. The van der Waals surface area contributed by atoms with Crippen molar-refractivity contribution in [3.63, 3.8) is 0 Å². The van der Waals surface area contributed by atoms with E-state index in [9.17, 15) is 0 Å². The summed E-state index contributed by atoms with van der Waals surface area (Å²) in [7, 11) is -0.180. The second-order valence-corrected chi connectivity index (χ2v) is 13.2. The molecule has 0 aliphatic carbocycles.